The summed E-state index contributed by atoms with van der Waals surface area (Å²) in [6.45, 7) is 0. The molecule has 2 aromatic carbocycles. The van der Waals surface area contributed by atoms with Crippen molar-refractivity contribution < 1.29 is 17.6 Å². The van der Waals surface area contributed by atoms with Crippen LogP contribution in [0.5, 0.6) is 0 Å². The van der Waals surface area contributed by atoms with Gasteiger partial charge in [-0.2, -0.15) is 0 Å². The molecule has 0 fully saturated rings. The van der Waals surface area contributed by atoms with E-state index in [1.54, 1.807) is 18.3 Å². The number of nitrogens with zero attached hydrogens (tertiary/aromatic N) is 1. The lowest BCUT2D eigenvalue weighted by molar-refractivity contribution is 0.103. The summed E-state index contributed by atoms with van der Waals surface area (Å²) < 4.78 is 41.8. The van der Waals surface area contributed by atoms with Crippen molar-refractivity contribution in [2.24, 2.45) is 0 Å². The van der Waals surface area contributed by atoms with Gasteiger partial charge in [0.2, 0.25) is 0 Å². The van der Waals surface area contributed by atoms with Crippen LogP contribution in [0.1, 0.15) is 15.9 Å². The molecule has 2 N–H and O–H groups in total. The number of pyridine rings is 1. The minimum absolute atomic E-state index is 0.0122. The average Bonchev–Trinajstić information content (AvgIpc) is 3.13. The Kier molecular flexibility index (Phi) is 4.81. The molecule has 0 aliphatic rings. The minimum atomic E-state index is -3.93. The molecule has 2 heterocycles. The van der Waals surface area contributed by atoms with Gasteiger partial charge >= 0.3 is 0 Å². The van der Waals surface area contributed by atoms with Gasteiger partial charge in [0.25, 0.3) is 10.0 Å². The summed E-state index contributed by atoms with van der Waals surface area (Å²) in [6.07, 6.45) is 3.02. The van der Waals surface area contributed by atoms with Gasteiger partial charge < -0.3 is 4.98 Å². The van der Waals surface area contributed by atoms with Crippen molar-refractivity contribution in [2.45, 2.75) is 4.90 Å². The van der Waals surface area contributed by atoms with E-state index >= 15 is 0 Å². The van der Waals surface area contributed by atoms with Crippen molar-refractivity contribution >= 4 is 44.1 Å². The molecule has 0 spiro atoms. The molecule has 29 heavy (non-hydrogen) atoms. The van der Waals surface area contributed by atoms with E-state index in [-0.39, 0.29) is 21.7 Å². The number of aromatic nitrogens is 2. The molecule has 0 saturated heterocycles. The number of ketones is 1. The smallest absolute Gasteiger partial charge is 0.261 e. The van der Waals surface area contributed by atoms with Gasteiger partial charge in [0.15, 0.2) is 5.78 Å². The van der Waals surface area contributed by atoms with Crippen LogP contribution in [0.25, 0.3) is 11.0 Å². The summed E-state index contributed by atoms with van der Waals surface area (Å²) in [5.74, 6) is -1.35. The number of nitrogens with one attached hydrogen (secondary N) is 2. The number of rotatable bonds is 5. The van der Waals surface area contributed by atoms with Crippen molar-refractivity contribution in [3.05, 3.63) is 89.0 Å². The van der Waals surface area contributed by atoms with Crippen LogP contribution in [0.3, 0.4) is 0 Å². The third kappa shape index (κ3) is 3.72. The summed E-state index contributed by atoms with van der Waals surface area (Å²) >= 11 is 5.78. The monoisotopic (exact) mass is 429 g/mol. The van der Waals surface area contributed by atoms with Crippen LogP contribution in [0.15, 0.2) is 71.9 Å². The van der Waals surface area contributed by atoms with Crippen LogP contribution in [-0.4, -0.2) is 24.2 Å². The maximum absolute atomic E-state index is 14.4. The van der Waals surface area contributed by atoms with Gasteiger partial charge in [-0.25, -0.2) is 17.8 Å². The number of aromatic amines is 1. The lowest BCUT2D eigenvalue weighted by Gasteiger charge is -2.10. The highest BCUT2D eigenvalue weighted by atomic mass is 35.5. The van der Waals surface area contributed by atoms with Gasteiger partial charge in [-0.1, -0.05) is 11.6 Å². The Bertz CT molecular complexity index is 1330. The number of halogens is 2. The van der Waals surface area contributed by atoms with Crippen molar-refractivity contribution in [3.63, 3.8) is 0 Å². The van der Waals surface area contributed by atoms with Crippen LogP contribution in [0.2, 0.25) is 5.02 Å². The van der Waals surface area contributed by atoms with Gasteiger partial charge in [-0.05, 0) is 54.6 Å². The molecular weight excluding hydrogens is 417 g/mol. The first kappa shape index (κ1) is 19.1. The molecule has 4 aromatic rings. The van der Waals surface area contributed by atoms with E-state index in [1.807, 2.05) is 0 Å². The Hall–Kier alpha value is -3.23. The topological polar surface area (TPSA) is 91.9 Å². The van der Waals surface area contributed by atoms with E-state index < -0.39 is 21.6 Å². The van der Waals surface area contributed by atoms with Gasteiger partial charge in [0.05, 0.1) is 10.5 Å². The first-order chi connectivity index (χ1) is 13.8. The number of anilines is 1. The fourth-order valence-corrected chi connectivity index (χ4v) is 4.05. The fourth-order valence-electron chi connectivity index (χ4n) is 2.88. The number of carbonyl (C=O) groups is 1. The summed E-state index contributed by atoms with van der Waals surface area (Å²) in [5, 5.41) is 0.941. The van der Waals surface area contributed by atoms with Crippen LogP contribution in [0.4, 0.5) is 10.1 Å². The molecule has 146 valence electrons. The summed E-state index contributed by atoms with van der Waals surface area (Å²) in [4.78, 5) is 19.8. The van der Waals surface area contributed by atoms with Gasteiger partial charge in [-0.3, -0.25) is 9.52 Å². The zero-order valence-corrected chi connectivity index (χ0v) is 16.3. The number of carbonyl (C=O) groups excluding carboxylic acids is 1. The molecule has 0 radical (unpaired) electrons. The lowest BCUT2D eigenvalue weighted by Crippen LogP contribution is -2.14. The second-order valence-electron chi connectivity index (χ2n) is 6.19. The molecule has 0 unspecified atom stereocenters. The molecule has 6 nitrogen and oxygen atoms in total. The molecule has 0 aliphatic heterocycles. The molecule has 0 amide bonds. The molecule has 9 heteroatoms. The lowest BCUT2D eigenvalue weighted by atomic mass is 10.0. The fraction of sp³-hybridized carbons (Fsp3) is 0. The van der Waals surface area contributed by atoms with Crippen molar-refractivity contribution in [2.75, 3.05) is 4.72 Å². The van der Waals surface area contributed by atoms with E-state index in [4.69, 9.17) is 11.6 Å². The molecule has 0 aliphatic carbocycles. The Morgan fingerprint density at radius 2 is 1.83 bits per heavy atom. The third-order valence-corrected chi connectivity index (χ3v) is 5.93. The maximum atomic E-state index is 14.4. The number of benzene rings is 2. The molecule has 4 rings (SSSR count). The Morgan fingerprint density at radius 1 is 1.07 bits per heavy atom. The van der Waals surface area contributed by atoms with Crippen LogP contribution in [0, 0.1) is 5.82 Å². The SMILES string of the molecule is O=C(c1cc(NS(=O)(=O)c2ccc(Cl)cc2)ccc1F)c1c[nH]c2ncccc12. The first-order valence-corrected chi connectivity index (χ1v) is 10.3. The third-order valence-electron chi connectivity index (χ3n) is 4.28. The summed E-state index contributed by atoms with van der Waals surface area (Å²) in [7, 11) is -3.93. The summed E-state index contributed by atoms with van der Waals surface area (Å²) in [5.41, 5.74) is 0.536. The molecule has 0 saturated carbocycles. The van der Waals surface area contributed by atoms with Gasteiger partial charge in [-0.15, -0.1) is 0 Å². The number of sulfonamides is 1. The zero-order chi connectivity index (χ0) is 20.6. The molecule has 0 bridgehead atoms. The quantitative estimate of drug-likeness (QED) is 0.460. The van der Waals surface area contributed by atoms with Gasteiger partial charge in [0.1, 0.15) is 11.5 Å². The predicted octanol–water partition coefficient (Wildman–Crippen LogP) is 4.39. The highest BCUT2D eigenvalue weighted by Gasteiger charge is 2.20. The number of hydrogen-bond acceptors (Lipinski definition) is 4. The molecule has 0 atom stereocenters. The predicted molar refractivity (Wildman–Crippen MR) is 108 cm³/mol. The van der Waals surface area contributed by atoms with Crippen molar-refractivity contribution in [3.8, 4) is 0 Å². The molecular formula is C20H13ClFN3O3S. The van der Waals surface area contributed by atoms with E-state index in [2.05, 4.69) is 14.7 Å². The van der Waals surface area contributed by atoms with E-state index in [1.165, 1.54) is 42.6 Å². The zero-order valence-electron chi connectivity index (χ0n) is 14.7. The average molecular weight is 430 g/mol. The maximum Gasteiger partial charge on any atom is 0.261 e. The second-order valence-corrected chi connectivity index (χ2v) is 8.30. The van der Waals surface area contributed by atoms with E-state index in [9.17, 15) is 17.6 Å². The van der Waals surface area contributed by atoms with Crippen molar-refractivity contribution in [1.82, 2.24) is 9.97 Å². The number of H-pyrrole nitrogens is 1. The highest BCUT2D eigenvalue weighted by molar-refractivity contribution is 7.92. The van der Waals surface area contributed by atoms with E-state index in [0.29, 0.717) is 16.1 Å². The highest BCUT2D eigenvalue weighted by Crippen LogP contribution is 2.25. The van der Waals surface area contributed by atoms with Crippen LogP contribution < -0.4 is 4.72 Å². The van der Waals surface area contributed by atoms with Gasteiger partial charge in [0, 0.05) is 34.1 Å². The van der Waals surface area contributed by atoms with Crippen LogP contribution in [-0.2, 0) is 10.0 Å². The largest absolute Gasteiger partial charge is 0.345 e. The standard InChI is InChI=1S/C20H13ClFN3O3S/c21-12-3-6-14(7-4-12)29(27,28)25-13-5-8-18(22)16(10-13)19(26)17-11-24-20-15(17)2-1-9-23-20/h1-11,25H,(H,23,24). The Labute approximate surface area is 170 Å². The van der Waals surface area contributed by atoms with Crippen LogP contribution >= 0.6 is 11.6 Å². The van der Waals surface area contributed by atoms with Crippen molar-refractivity contribution in [1.29, 1.82) is 0 Å². The Morgan fingerprint density at radius 3 is 2.59 bits per heavy atom. The first-order valence-electron chi connectivity index (χ1n) is 8.40. The minimum Gasteiger partial charge on any atom is -0.345 e. The summed E-state index contributed by atoms with van der Waals surface area (Å²) in [6, 6.07) is 12.4. The Balaban J connectivity index is 1.69. The molecule has 2 aromatic heterocycles. The normalized spacial score (nSPS) is 11.5. The number of hydrogen-bond donors (Lipinski definition) is 2. The van der Waals surface area contributed by atoms with E-state index in [0.717, 1.165) is 6.07 Å². The second kappa shape index (κ2) is 7.31. The number of fused-ring (bicyclic) bond motifs is 1.